The number of nitrogen functional groups attached to an aromatic ring is 1. The zero-order chi connectivity index (χ0) is 21.4. The highest BCUT2D eigenvalue weighted by Gasteiger charge is 2.24. The second kappa shape index (κ2) is 7.75. The van der Waals surface area contributed by atoms with Gasteiger partial charge < -0.3 is 19.6 Å². The van der Waals surface area contributed by atoms with E-state index in [1.807, 2.05) is 31.2 Å². The van der Waals surface area contributed by atoms with Crippen LogP contribution in [0.25, 0.3) is 21.2 Å². The van der Waals surface area contributed by atoms with Gasteiger partial charge in [-0.3, -0.25) is 0 Å². The SMILES string of the molecule is CCOC(=O)c1c(C)oc2nc(COC(=O)c3sc4ccccc4c3C)nc(N)c12. The zero-order valence-corrected chi connectivity index (χ0v) is 17.5. The van der Waals surface area contributed by atoms with Crippen LogP contribution < -0.4 is 5.73 Å². The Kier molecular flexibility index (Phi) is 5.13. The van der Waals surface area contributed by atoms with Crippen LogP contribution in [0.1, 0.15) is 44.1 Å². The van der Waals surface area contributed by atoms with Crippen LogP contribution in [-0.2, 0) is 16.1 Å². The molecule has 0 aliphatic heterocycles. The molecule has 0 atom stereocenters. The molecule has 0 bridgehead atoms. The Morgan fingerprint density at radius 1 is 1.13 bits per heavy atom. The number of nitrogens with two attached hydrogens (primary N) is 1. The molecule has 0 spiro atoms. The van der Waals surface area contributed by atoms with Crippen molar-refractivity contribution in [2.75, 3.05) is 12.3 Å². The molecule has 0 fully saturated rings. The number of rotatable bonds is 5. The van der Waals surface area contributed by atoms with Gasteiger partial charge in [-0.15, -0.1) is 11.3 Å². The lowest BCUT2D eigenvalue weighted by Gasteiger charge is -2.05. The number of thiophene rings is 1. The summed E-state index contributed by atoms with van der Waals surface area (Å²) < 4.78 is 17.0. The van der Waals surface area contributed by atoms with Crippen molar-refractivity contribution in [3.8, 4) is 0 Å². The number of aryl methyl sites for hydroxylation is 2. The van der Waals surface area contributed by atoms with Gasteiger partial charge >= 0.3 is 11.9 Å². The predicted molar refractivity (Wildman–Crippen MR) is 113 cm³/mol. The number of aromatic nitrogens is 2. The minimum Gasteiger partial charge on any atom is -0.462 e. The highest BCUT2D eigenvalue weighted by molar-refractivity contribution is 7.21. The molecule has 1 aromatic carbocycles. The summed E-state index contributed by atoms with van der Waals surface area (Å²) in [5.74, 6) is -0.443. The monoisotopic (exact) mass is 425 g/mol. The predicted octanol–water partition coefficient (Wildman–Crippen LogP) is 4.17. The summed E-state index contributed by atoms with van der Waals surface area (Å²) in [6.45, 7) is 5.26. The molecule has 2 N–H and O–H groups in total. The highest BCUT2D eigenvalue weighted by Crippen LogP contribution is 2.32. The van der Waals surface area contributed by atoms with Crippen LogP contribution in [0.4, 0.5) is 5.82 Å². The van der Waals surface area contributed by atoms with Crippen molar-refractivity contribution >= 4 is 50.3 Å². The van der Waals surface area contributed by atoms with Crippen molar-refractivity contribution in [3.05, 3.63) is 51.9 Å². The zero-order valence-electron chi connectivity index (χ0n) is 16.6. The third kappa shape index (κ3) is 3.37. The van der Waals surface area contributed by atoms with Crippen LogP contribution in [0.15, 0.2) is 28.7 Å². The van der Waals surface area contributed by atoms with Gasteiger partial charge in [-0.05, 0) is 37.8 Å². The van der Waals surface area contributed by atoms with Crippen LogP contribution in [0.3, 0.4) is 0 Å². The minimum absolute atomic E-state index is 0.0593. The molecule has 3 aromatic heterocycles. The summed E-state index contributed by atoms with van der Waals surface area (Å²) in [6.07, 6.45) is 0. The number of nitrogens with zero attached hydrogens (tertiary/aromatic N) is 2. The fourth-order valence-corrected chi connectivity index (χ4v) is 4.36. The third-order valence-corrected chi connectivity index (χ3v) is 5.90. The minimum atomic E-state index is -0.552. The van der Waals surface area contributed by atoms with Gasteiger partial charge in [0.2, 0.25) is 5.71 Å². The first-order valence-electron chi connectivity index (χ1n) is 9.28. The molecule has 0 aliphatic carbocycles. The highest BCUT2D eigenvalue weighted by atomic mass is 32.1. The molecular formula is C21H19N3O5S. The summed E-state index contributed by atoms with van der Waals surface area (Å²) in [5, 5.41) is 1.32. The molecule has 4 aromatic rings. The van der Waals surface area contributed by atoms with Gasteiger partial charge in [0.25, 0.3) is 0 Å². The molecule has 4 rings (SSSR count). The van der Waals surface area contributed by atoms with E-state index in [0.717, 1.165) is 15.6 Å². The Morgan fingerprint density at radius 2 is 1.90 bits per heavy atom. The first-order valence-corrected chi connectivity index (χ1v) is 10.1. The number of esters is 2. The van der Waals surface area contributed by atoms with Gasteiger partial charge in [-0.25, -0.2) is 14.6 Å². The van der Waals surface area contributed by atoms with Crippen LogP contribution in [0.2, 0.25) is 0 Å². The average molecular weight is 425 g/mol. The number of carbonyl (C=O) groups is 2. The van der Waals surface area contributed by atoms with E-state index >= 15 is 0 Å². The van der Waals surface area contributed by atoms with E-state index < -0.39 is 11.9 Å². The Labute approximate surface area is 175 Å². The number of anilines is 1. The molecule has 0 aliphatic rings. The van der Waals surface area contributed by atoms with E-state index in [2.05, 4.69) is 9.97 Å². The van der Waals surface area contributed by atoms with E-state index in [4.69, 9.17) is 19.6 Å². The second-order valence-corrected chi connectivity index (χ2v) is 7.64. The van der Waals surface area contributed by atoms with E-state index in [0.29, 0.717) is 16.0 Å². The number of benzene rings is 1. The summed E-state index contributed by atoms with van der Waals surface area (Å²) in [7, 11) is 0. The Balaban J connectivity index is 1.59. The van der Waals surface area contributed by atoms with Crippen molar-refractivity contribution in [2.45, 2.75) is 27.4 Å². The summed E-state index contributed by atoms with van der Waals surface area (Å²) in [6, 6.07) is 7.78. The fraction of sp³-hybridized carbons (Fsp3) is 0.238. The van der Waals surface area contributed by atoms with Crippen molar-refractivity contribution < 1.29 is 23.5 Å². The van der Waals surface area contributed by atoms with Gasteiger partial charge in [-0.2, -0.15) is 4.98 Å². The summed E-state index contributed by atoms with van der Waals surface area (Å²) in [4.78, 5) is 33.7. The van der Waals surface area contributed by atoms with Crippen LogP contribution in [0, 0.1) is 13.8 Å². The molecule has 8 nitrogen and oxygen atoms in total. The van der Waals surface area contributed by atoms with Crippen molar-refractivity contribution in [1.29, 1.82) is 0 Å². The van der Waals surface area contributed by atoms with Crippen LogP contribution in [0.5, 0.6) is 0 Å². The lowest BCUT2D eigenvalue weighted by Crippen LogP contribution is -2.10. The Hall–Kier alpha value is -3.46. The van der Waals surface area contributed by atoms with Gasteiger partial charge in [-0.1, -0.05) is 18.2 Å². The van der Waals surface area contributed by atoms with Gasteiger partial charge in [0.15, 0.2) is 12.4 Å². The number of ether oxygens (including phenoxy) is 2. The molecule has 0 saturated heterocycles. The molecule has 9 heteroatoms. The normalized spacial score (nSPS) is 11.2. The molecule has 0 radical (unpaired) electrons. The largest absolute Gasteiger partial charge is 0.462 e. The molecule has 3 heterocycles. The molecule has 154 valence electrons. The topological polar surface area (TPSA) is 118 Å². The lowest BCUT2D eigenvalue weighted by molar-refractivity contribution is 0.0466. The number of carbonyl (C=O) groups excluding carboxylic acids is 2. The summed E-state index contributed by atoms with van der Waals surface area (Å²) in [5.41, 5.74) is 7.26. The quantitative estimate of drug-likeness (QED) is 0.473. The first-order chi connectivity index (χ1) is 14.4. The fourth-order valence-electron chi connectivity index (χ4n) is 3.26. The van der Waals surface area contributed by atoms with Gasteiger partial charge in [0.05, 0.1) is 12.0 Å². The Morgan fingerprint density at radius 3 is 2.63 bits per heavy atom. The first kappa shape index (κ1) is 19.8. The molecule has 0 amide bonds. The summed E-state index contributed by atoms with van der Waals surface area (Å²) >= 11 is 1.38. The number of hydrogen-bond acceptors (Lipinski definition) is 9. The number of fused-ring (bicyclic) bond motifs is 2. The smallest absolute Gasteiger partial charge is 0.349 e. The molecular weight excluding hydrogens is 406 g/mol. The van der Waals surface area contributed by atoms with Crippen molar-refractivity contribution in [2.24, 2.45) is 0 Å². The maximum atomic E-state index is 12.6. The number of hydrogen-bond donors (Lipinski definition) is 1. The maximum Gasteiger partial charge on any atom is 0.349 e. The molecule has 30 heavy (non-hydrogen) atoms. The van der Waals surface area contributed by atoms with E-state index in [1.165, 1.54) is 11.3 Å². The van der Waals surface area contributed by atoms with Crippen molar-refractivity contribution in [1.82, 2.24) is 9.97 Å². The van der Waals surface area contributed by atoms with Crippen LogP contribution >= 0.6 is 11.3 Å². The van der Waals surface area contributed by atoms with Crippen molar-refractivity contribution in [3.63, 3.8) is 0 Å². The van der Waals surface area contributed by atoms with Gasteiger partial charge in [0.1, 0.15) is 22.0 Å². The maximum absolute atomic E-state index is 12.6. The molecule has 0 unspecified atom stereocenters. The molecule has 0 saturated carbocycles. The number of furan rings is 1. The average Bonchev–Trinajstić information content (AvgIpc) is 3.23. The van der Waals surface area contributed by atoms with E-state index in [9.17, 15) is 9.59 Å². The van der Waals surface area contributed by atoms with Gasteiger partial charge in [0, 0.05) is 4.70 Å². The Bertz CT molecular complexity index is 1290. The third-order valence-electron chi connectivity index (χ3n) is 4.64. The lowest BCUT2D eigenvalue weighted by atomic mass is 10.1. The van der Waals surface area contributed by atoms with Crippen LogP contribution in [-0.4, -0.2) is 28.5 Å². The standard InChI is InChI=1S/C21H19N3O5S/c1-4-27-20(25)15-11(3)29-19-16(15)18(22)23-14(24-19)9-28-21(26)17-10(2)12-7-5-6-8-13(12)30-17/h5-8H,4,9H2,1-3H3,(H2,22,23,24). The van der Waals surface area contributed by atoms with E-state index in [-0.39, 0.29) is 36.1 Å². The second-order valence-electron chi connectivity index (χ2n) is 6.59. The van der Waals surface area contributed by atoms with E-state index in [1.54, 1.807) is 13.8 Å².